The van der Waals surface area contributed by atoms with Crippen molar-refractivity contribution >= 4 is 11.6 Å². The van der Waals surface area contributed by atoms with Crippen LogP contribution in [-0.2, 0) is 11.3 Å². The lowest BCUT2D eigenvalue weighted by molar-refractivity contribution is -0.885. The van der Waals surface area contributed by atoms with Crippen LogP contribution in [0.1, 0.15) is 12.0 Å². The lowest BCUT2D eigenvalue weighted by atomic mass is 10.2. The molecule has 2 aliphatic heterocycles. The van der Waals surface area contributed by atoms with Crippen LogP contribution in [0, 0.1) is 0 Å². The normalized spacial score (nSPS) is 16.0. The van der Waals surface area contributed by atoms with Gasteiger partial charge < -0.3 is 29.2 Å². The molecule has 0 fully saturated rings. The molecule has 7 nitrogen and oxygen atoms in total. The molecule has 1 atom stereocenters. The van der Waals surface area contributed by atoms with Crippen LogP contribution in [0.2, 0.25) is 0 Å². The molecule has 0 bridgehead atoms. The van der Waals surface area contributed by atoms with Crippen molar-refractivity contribution in [2.45, 2.75) is 13.0 Å². The molecule has 0 radical (unpaired) electrons. The first-order valence-electron chi connectivity index (χ1n) is 9.57. The van der Waals surface area contributed by atoms with Crippen LogP contribution in [0.4, 0.5) is 5.69 Å². The molecule has 1 unspecified atom stereocenters. The van der Waals surface area contributed by atoms with Crippen molar-refractivity contribution in [3.05, 3.63) is 42.0 Å². The van der Waals surface area contributed by atoms with Gasteiger partial charge in [-0.25, -0.2) is 0 Å². The van der Waals surface area contributed by atoms with E-state index in [9.17, 15) is 4.79 Å². The van der Waals surface area contributed by atoms with Gasteiger partial charge in [-0.15, -0.1) is 0 Å². The van der Waals surface area contributed by atoms with Gasteiger partial charge in [0, 0.05) is 23.7 Å². The number of hydrogen-bond acceptors (Lipinski definition) is 5. The molecule has 0 aliphatic carbocycles. The predicted octanol–water partition coefficient (Wildman–Crippen LogP) is 1.27. The number of carbonyl (C=O) groups is 1. The van der Waals surface area contributed by atoms with E-state index in [2.05, 4.69) is 5.32 Å². The van der Waals surface area contributed by atoms with Crippen LogP contribution in [0.15, 0.2) is 36.4 Å². The summed E-state index contributed by atoms with van der Waals surface area (Å²) in [5.74, 6) is 2.89. The number of fused-ring (bicyclic) bond motifs is 2. The first-order chi connectivity index (χ1) is 13.7. The Morgan fingerprint density at radius 1 is 0.893 bits per heavy atom. The lowest BCUT2D eigenvalue weighted by Crippen LogP contribution is -3.08. The second-order valence-electron chi connectivity index (χ2n) is 7.05. The van der Waals surface area contributed by atoms with E-state index in [1.54, 1.807) is 0 Å². The van der Waals surface area contributed by atoms with Gasteiger partial charge in [-0.2, -0.15) is 0 Å². The van der Waals surface area contributed by atoms with Crippen LogP contribution >= 0.6 is 0 Å². The van der Waals surface area contributed by atoms with Crippen molar-refractivity contribution in [1.82, 2.24) is 0 Å². The molecule has 4 rings (SSSR count). The van der Waals surface area contributed by atoms with Gasteiger partial charge >= 0.3 is 0 Å². The summed E-state index contributed by atoms with van der Waals surface area (Å²) in [4.78, 5) is 13.5. The highest BCUT2D eigenvalue weighted by Gasteiger charge is 2.16. The van der Waals surface area contributed by atoms with E-state index in [4.69, 9.17) is 18.9 Å². The summed E-state index contributed by atoms with van der Waals surface area (Å²) in [6.07, 6.45) is 0.852. The Bertz CT molecular complexity index is 855. The van der Waals surface area contributed by atoms with Crippen molar-refractivity contribution in [2.75, 3.05) is 45.3 Å². The number of carbonyl (C=O) groups excluding carboxylic acids is 1. The average molecular weight is 385 g/mol. The van der Waals surface area contributed by atoms with E-state index in [1.165, 1.54) is 0 Å². The third kappa shape index (κ3) is 4.48. The summed E-state index contributed by atoms with van der Waals surface area (Å²) in [6.45, 7) is 3.47. The molecule has 7 heteroatoms. The standard InChI is InChI=1S/C21H24N2O5/c1-23(13-15-3-5-17-19(11-15)28-10-9-27-17)14-21(24)22-16-4-6-18-20(12-16)26-8-2-7-25-18/h3-6,11-12H,2,7-10,13-14H2,1H3,(H,22,24)/p+1. The Morgan fingerprint density at radius 3 is 2.36 bits per heavy atom. The van der Waals surface area contributed by atoms with Crippen LogP contribution in [0.3, 0.4) is 0 Å². The average Bonchev–Trinajstić information content (AvgIpc) is 2.92. The molecule has 0 saturated carbocycles. The Labute approximate surface area is 164 Å². The zero-order valence-electron chi connectivity index (χ0n) is 16.0. The number of hydrogen-bond donors (Lipinski definition) is 2. The molecular formula is C21H25N2O5+. The molecule has 1 amide bonds. The van der Waals surface area contributed by atoms with Crippen molar-refractivity contribution in [2.24, 2.45) is 0 Å². The van der Waals surface area contributed by atoms with Crippen LogP contribution in [0.5, 0.6) is 23.0 Å². The fraction of sp³-hybridized carbons (Fsp3) is 0.381. The van der Waals surface area contributed by atoms with Crippen molar-refractivity contribution < 1.29 is 28.6 Å². The first-order valence-corrected chi connectivity index (χ1v) is 9.57. The molecule has 2 aromatic carbocycles. The van der Waals surface area contributed by atoms with Gasteiger partial charge in [0.25, 0.3) is 5.91 Å². The molecule has 148 valence electrons. The summed E-state index contributed by atoms with van der Waals surface area (Å²) in [5.41, 5.74) is 1.81. The topological polar surface area (TPSA) is 70.5 Å². The maximum absolute atomic E-state index is 12.4. The van der Waals surface area contributed by atoms with Crippen molar-refractivity contribution in [3.8, 4) is 23.0 Å². The fourth-order valence-electron chi connectivity index (χ4n) is 3.33. The maximum Gasteiger partial charge on any atom is 0.279 e. The Morgan fingerprint density at radius 2 is 1.54 bits per heavy atom. The largest absolute Gasteiger partial charge is 0.490 e. The maximum atomic E-state index is 12.4. The van der Waals surface area contributed by atoms with Gasteiger partial charge in [-0.1, -0.05) is 0 Å². The highest BCUT2D eigenvalue weighted by atomic mass is 16.6. The molecule has 0 aromatic heterocycles. The summed E-state index contributed by atoms with van der Waals surface area (Å²) < 4.78 is 22.5. The second kappa shape index (κ2) is 8.39. The minimum atomic E-state index is -0.0514. The first kappa shape index (κ1) is 18.4. The van der Waals surface area contributed by atoms with Gasteiger partial charge in [0.2, 0.25) is 0 Å². The molecule has 2 N–H and O–H groups in total. The van der Waals surface area contributed by atoms with Crippen LogP contribution < -0.4 is 29.2 Å². The summed E-state index contributed by atoms with van der Waals surface area (Å²) in [7, 11) is 1.99. The summed E-state index contributed by atoms with van der Waals surface area (Å²) in [5, 5.41) is 2.94. The molecule has 2 aromatic rings. The Kier molecular flexibility index (Phi) is 5.53. The smallest absolute Gasteiger partial charge is 0.279 e. The van der Waals surface area contributed by atoms with E-state index in [-0.39, 0.29) is 5.91 Å². The van der Waals surface area contributed by atoms with E-state index in [0.29, 0.717) is 51.0 Å². The van der Waals surface area contributed by atoms with Crippen molar-refractivity contribution in [1.29, 1.82) is 0 Å². The van der Waals surface area contributed by atoms with E-state index in [1.807, 2.05) is 43.4 Å². The van der Waals surface area contributed by atoms with E-state index < -0.39 is 0 Å². The van der Waals surface area contributed by atoms with E-state index >= 15 is 0 Å². The highest BCUT2D eigenvalue weighted by Crippen LogP contribution is 2.32. The minimum absolute atomic E-state index is 0.0514. The van der Waals surface area contributed by atoms with E-state index in [0.717, 1.165) is 34.1 Å². The van der Waals surface area contributed by atoms with Crippen molar-refractivity contribution in [3.63, 3.8) is 0 Å². The summed E-state index contributed by atoms with van der Waals surface area (Å²) in [6, 6.07) is 11.4. The molecular weight excluding hydrogens is 360 g/mol. The molecule has 0 spiro atoms. The number of quaternary nitrogens is 1. The second-order valence-corrected chi connectivity index (χ2v) is 7.05. The van der Waals surface area contributed by atoms with Gasteiger partial charge in [0.15, 0.2) is 29.5 Å². The zero-order valence-corrected chi connectivity index (χ0v) is 16.0. The SMILES string of the molecule is C[NH+](CC(=O)Nc1ccc2c(c1)OCCCO2)Cc1ccc2c(c1)OCCO2. The van der Waals surface area contributed by atoms with Gasteiger partial charge in [0.1, 0.15) is 19.8 Å². The number of likely N-dealkylation sites (N-methyl/N-ethyl adjacent to an activating group) is 1. The number of amides is 1. The van der Waals surface area contributed by atoms with Gasteiger partial charge in [0.05, 0.1) is 20.3 Å². The third-order valence-corrected chi connectivity index (χ3v) is 4.61. The fourth-order valence-corrected chi connectivity index (χ4v) is 3.33. The monoisotopic (exact) mass is 385 g/mol. The zero-order chi connectivity index (χ0) is 19.3. The number of nitrogens with one attached hydrogen (secondary N) is 2. The molecule has 2 heterocycles. The van der Waals surface area contributed by atoms with Crippen LogP contribution in [-0.4, -0.2) is 45.9 Å². The van der Waals surface area contributed by atoms with Gasteiger partial charge in [-0.3, -0.25) is 4.79 Å². The Hall–Kier alpha value is -2.93. The van der Waals surface area contributed by atoms with Gasteiger partial charge in [-0.05, 0) is 30.3 Å². The molecule has 2 aliphatic rings. The highest BCUT2D eigenvalue weighted by molar-refractivity contribution is 5.91. The number of anilines is 1. The quantitative estimate of drug-likeness (QED) is 0.811. The minimum Gasteiger partial charge on any atom is -0.490 e. The number of ether oxygens (including phenoxy) is 4. The molecule has 28 heavy (non-hydrogen) atoms. The summed E-state index contributed by atoms with van der Waals surface area (Å²) >= 11 is 0. The predicted molar refractivity (Wildman–Crippen MR) is 104 cm³/mol. The molecule has 0 saturated heterocycles. The number of rotatable bonds is 5. The number of benzene rings is 2. The van der Waals surface area contributed by atoms with Crippen LogP contribution in [0.25, 0.3) is 0 Å². The third-order valence-electron chi connectivity index (χ3n) is 4.61. The lowest BCUT2D eigenvalue weighted by Gasteiger charge is -2.20. The Balaban J connectivity index is 1.33.